The Hall–Kier alpha value is -1.47. The molecule has 0 saturated carbocycles. The van der Waals surface area contributed by atoms with Crippen LogP contribution in [0.3, 0.4) is 0 Å². The first-order valence-electron chi connectivity index (χ1n) is 6.57. The quantitative estimate of drug-likeness (QED) is 0.884. The van der Waals surface area contributed by atoms with Crippen molar-refractivity contribution in [3.05, 3.63) is 11.7 Å². The van der Waals surface area contributed by atoms with Crippen LogP contribution < -0.4 is 10.2 Å². The van der Waals surface area contributed by atoms with E-state index in [1.165, 1.54) is 12.8 Å². The van der Waals surface area contributed by atoms with E-state index in [1.54, 1.807) is 16.8 Å². The van der Waals surface area contributed by atoms with Gasteiger partial charge in [0.15, 0.2) is 5.82 Å². The van der Waals surface area contributed by atoms with Gasteiger partial charge in [0.05, 0.1) is 10.4 Å². The number of hydrogen-bond acceptors (Lipinski definition) is 6. The first kappa shape index (κ1) is 12.6. The normalized spacial score (nSPS) is 19.8. The Balaban J connectivity index is 1.72. The summed E-state index contributed by atoms with van der Waals surface area (Å²) in [6, 6.07) is 0. The molecule has 0 bridgehead atoms. The topological polar surface area (TPSA) is 69.7 Å². The molecule has 0 amide bonds. The SMILES string of the molecule is CNCC1CCCN(c2n[nH]c(-c3cncs3)n2)C1. The Bertz CT molecular complexity index is 506. The molecule has 1 atom stereocenters. The monoisotopic (exact) mass is 278 g/mol. The van der Waals surface area contributed by atoms with Gasteiger partial charge in [0, 0.05) is 19.3 Å². The largest absolute Gasteiger partial charge is 0.339 e. The molecule has 1 unspecified atom stereocenters. The summed E-state index contributed by atoms with van der Waals surface area (Å²) in [4.78, 5) is 11.9. The van der Waals surface area contributed by atoms with Crippen LogP contribution in [0.25, 0.3) is 10.7 Å². The van der Waals surface area contributed by atoms with Gasteiger partial charge >= 0.3 is 0 Å². The van der Waals surface area contributed by atoms with Crippen molar-refractivity contribution in [1.82, 2.24) is 25.5 Å². The molecule has 2 aromatic rings. The van der Waals surface area contributed by atoms with Crippen LogP contribution >= 0.6 is 11.3 Å². The van der Waals surface area contributed by atoms with Crippen molar-refractivity contribution in [2.45, 2.75) is 12.8 Å². The van der Waals surface area contributed by atoms with Crippen LogP contribution in [-0.4, -0.2) is 46.8 Å². The van der Waals surface area contributed by atoms with Crippen LogP contribution in [0.4, 0.5) is 5.95 Å². The molecule has 2 N–H and O–H groups in total. The third kappa shape index (κ3) is 2.76. The van der Waals surface area contributed by atoms with E-state index in [4.69, 9.17) is 0 Å². The van der Waals surface area contributed by atoms with Crippen molar-refractivity contribution in [2.75, 3.05) is 31.6 Å². The van der Waals surface area contributed by atoms with E-state index in [1.807, 2.05) is 13.2 Å². The average Bonchev–Trinajstić information content (AvgIpc) is 3.11. The molecule has 0 spiro atoms. The maximum Gasteiger partial charge on any atom is 0.245 e. The van der Waals surface area contributed by atoms with Gasteiger partial charge < -0.3 is 10.2 Å². The van der Waals surface area contributed by atoms with Gasteiger partial charge in [-0.25, -0.2) is 0 Å². The minimum atomic E-state index is 0.684. The summed E-state index contributed by atoms with van der Waals surface area (Å²) in [5.41, 5.74) is 1.81. The summed E-state index contributed by atoms with van der Waals surface area (Å²) in [7, 11) is 2.01. The summed E-state index contributed by atoms with van der Waals surface area (Å²) >= 11 is 1.57. The standard InChI is InChI=1S/C12H18N6S/c1-13-5-9-3-2-4-18(7-9)12-15-11(16-17-12)10-6-14-8-19-10/h6,8-9,13H,2-5,7H2,1H3,(H,15,16,17). The van der Waals surface area contributed by atoms with Crippen LogP contribution in [0.15, 0.2) is 11.7 Å². The van der Waals surface area contributed by atoms with Crippen molar-refractivity contribution >= 4 is 17.3 Å². The fourth-order valence-corrected chi connectivity index (χ4v) is 3.10. The number of nitrogens with zero attached hydrogens (tertiary/aromatic N) is 4. The van der Waals surface area contributed by atoms with Crippen molar-refractivity contribution in [1.29, 1.82) is 0 Å². The molecule has 2 aromatic heterocycles. The van der Waals surface area contributed by atoms with Gasteiger partial charge in [-0.3, -0.25) is 10.1 Å². The highest BCUT2D eigenvalue weighted by molar-refractivity contribution is 7.13. The van der Waals surface area contributed by atoms with Gasteiger partial charge in [-0.1, -0.05) is 0 Å². The third-order valence-electron chi connectivity index (χ3n) is 3.43. The van der Waals surface area contributed by atoms with E-state index in [-0.39, 0.29) is 0 Å². The van der Waals surface area contributed by atoms with Crippen LogP contribution in [0.5, 0.6) is 0 Å². The van der Waals surface area contributed by atoms with Crippen LogP contribution in [-0.2, 0) is 0 Å². The maximum absolute atomic E-state index is 4.58. The number of piperidine rings is 1. The van der Waals surface area contributed by atoms with Gasteiger partial charge in [0.25, 0.3) is 0 Å². The predicted octanol–water partition coefficient (Wildman–Crippen LogP) is 1.36. The van der Waals surface area contributed by atoms with E-state index in [0.29, 0.717) is 5.92 Å². The summed E-state index contributed by atoms with van der Waals surface area (Å²) in [6.07, 6.45) is 4.30. The molecule has 102 valence electrons. The molecule has 19 heavy (non-hydrogen) atoms. The van der Waals surface area contributed by atoms with Crippen LogP contribution in [0.1, 0.15) is 12.8 Å². The van der Waals surface area contributed by atoms with Crippen molar-refractivity contribution in [3.8, 4) is 10.7 Å². The minimum absolute atomic E-state index is 0.684. The van der Waals surface area contributed by atoms with Crippen molar-refractivity contribution in [2.24, 2.45) is 5.92 Å². The molecular weight excluding hydrogens is 260 g/mol. The van der Waals surface area contributed by atoms with Gasteiger partial charge in [0.1, 0.15) is 0 Å². The third-order valence-corrected chi connectivity index (χ3v) is 4.21. The Morgan fingerprint density at radius 3 is 3.32 bits per heavy atom. The molecule has 1 fully saturated rings. The second-order valence-corrected chi connectivity index (χ2v) is 5.75. The van der Waals surface area contributed by atoms with E-state index < -0.39 is 0 Å². The van der Waals surface area contributed by atoms with Crippen molar-refractivity contribution in [3.63, 3.8) is 0 Å². The van der Waals surface area contributed by atoms with E-state index in [2.05, 4.69) is 30.4 Å². The molecule has 6 nitrogen and oxygen atoms in total. The molecule has 7 heteroatoms. The number of H-pyrrole nitrogens is 1. The Labute approximate surface area is 116 Å². The number of anilines is 1. The zero-order valence-corrected chi connectivity index (χ0v) is 11.8. The lowest BCUT2D eigenvalue weighted by atomic mass is 9.98. The van der Waals surface area contributed by atoms with E-state index >= 15 is 0 Å². The number of rotatable bonds is 4. The zero-order valence-electron chi connectivity index (χ0n) is 11.0. The van der Waals surface area contributed by atoms with Gasteiger partial charge in [-0.2, -0.15) is 4.98 Å². The van der Waals surface area contributed by atoms with Gasteiger partial charge in [0.2, 0.25) is 5.95 Å². The summed E-state index contributed by atoms with van der Waals surface area (Å²) in [6.45, 7) is 3.13. The second-order valence-electron chi connectivity index (χ2n) is 4.86. The highest BCUT2D eigenvalue weighted by Gasteiger charge is 2.22. The molecule has 3 rings (SSSR count). The molecule has 3 heterocycles. The number of aromatic amines is 1. The van der Waals surface area contributed by atoms with Crippen molar-refractivity contribution < 1.29 is 0 Å². The minimum Gasteiger partial charge on any atom is -0.339 e. The smallest absolute Gasteiger partial charge is 0.245 e. The summed E-state index contributed by atoms with van der Waals surface area (Å²) in [5.74, 6) is 2.31. The summed E-state index contributed by atoms with van der Waals surface area (Å²) in [5, 5.41) is 10.6. The predicted molar refractivity (Wildman–Crippen MR) is 76.4 cm³/mol. The maximum atomic E-state index is 4.58. The van der Waals surface area contributed by atoms with Gasteiger partial charge in [-0.15, -0.1) is 16.4 Å². The number of hydrogen-bond donors (Lipinski definition) is 2. The first-order valence-corrected chi connectivity index (χ1v) is 7.45. The lowest BCUT2D eigenvalue weighted by Gasteiger charge is -2.31. The average molecular weight is 278 g/mol. The first-order chi connectivity index (χ1) is 9.36. The lowest BCUT2D eigenvalue weighted by Crippen LogP contribution is -2.39. The number of aromatic nitrogens is 4. The van der Waals surface area contributed by atoms with Crippen LogP contribution in [0.2, 0.25) is 0 Å². The Morgan fingerprint density at radius 2 is 2.53 bits per heavy atom. The van der Waals surface area contributed by atoms with E-state index in [0.717, 1.165) is 36.3 Å². The highest BCUT2D eigenvalue weighted by Crippen LogP contribution is 2.24. The highest BCUT2D eigenvalue weighted by atomic mass is 32.1. The zero-order chi connectivity index (χ0) is 13.1. The fraction of sp³-hybridized carbons (Fsp3) is 0.583. The van der Waals surface area contributed by atoms with Gasteiger partial charge in [-0.05, 0) is 32.4 Å². The lowest BCUT2D eigenvalue weighted by molar-refractivity contribution is 0.399. The fourth-order valence-electron chi connectivity index (χ4n) is 2.54. The molecule has 1 saturated heterocycles. The molecule has 0 radical (unpaired) electrons. The second kappa shape index (κ2) is 5.66. The molecule has 1 aliphatic heterocycles. The summed E-state index contributed by atoms with van der Waals surface area (Å²) < 4.78 is 0. The number of thiazole rings is 1. The molecule has 0 aliphatic carbocycles. The van der Waals surface area contributed by atoms with E-state index in [9.17, 15) is 0 Å². The molecule has 0 aromatic carbocycles. The van der Waals surface area contributed by atoms with Crippen LogP contribution in [0, 0.1) is 5.92 Å². The molecular formula is C12H18N6S. The Kier molecular flexibility index (Phi) is 3.74. The number of nitrogens with one attached hydrogen (secondary N) is 2. The molecule has 1 aliphatic rings. The Morgan fingerprint density at radius 1 is 1.58 bits per heavy atom.